The van der Waals surface area contributed by atoms with Crippen LogP contribution >= 0.6 is 0 Å². The van der Waals surface area contributed by atoms with Crippen molar-refractivity contribution in [2.24, 2.45) is 0 Å². The average molecular weight is 291 g/mol. The van der Waals surface area contributed by atoms with Crippen LogP contribution in [0.15, 0.2) is 24.5 Å². The third-order valence-corrected chi connectivity index (χ3v) is 2.98. The van der Waals surface area contributed by atoms with E-state index in [1.165, 1.54) is 17.2 Å². The maximum Gasteiger partial charge on any atom is 0.307 e. The maximum atomic E-state index is 12.2. The second kappa shape index (κ2) is 6.25. The van der Waals surface area contributed by atoms with Crippen molar-refractivity contribution in [3.05, 3.63) is 30.2 Å². The minimum absolute atomic E-state index is 0.00530. The second-order valence-electron chi connectivity index (χ2n) is 4.53. The van der Waals surface area contributed by atoms with Gasteiger partial charge in [-0.2, -0.15) is 0 Å². The Bertz CT molecular complexity index is 665. The molecule has 1 N–H and O–H groups in total. The fourth-order valence-corrected chi connectivity index (χ4v) is 1.89. The predicted octanol–water partition coefficient (Wildman–Crippen LogP) is 1.07. The van der Waals surface area contributed by atoms with E-state index >= 15 is 0 Å². The third kappa shape index (κ3) is 3.31. The van der Waals surface area contributed by atoms with Gasteiger partial charge in [0, 0.05) is 26.0 Å². The number of pyridine rings is 1. The Morgan fingerprint density at radius 3 is 2.90 bits per heavy atom. The van der Waals surface area contributed by atoms with Gasteiger partial charge in [0.25, 0.3) is 5.91 Å². The molecule has 0 aliphatic rings. The van der Waals surface area contributed by atoms with Crippen molar-refractivity contribution in [2.45, 2.75) is 13.3 Å². The van der Waals surface area contributed by atoms with E-state index in [2.05, 4.69) is 4.98 Å². The molecule has 0 bridgehead atoms. The molecule has 0 unspecified atom stereocenters. The molecule has 0 saturated heterocycles. The monoisotopic (exact) mass is 291 g/mol. The zero-order valence-corrected chi connectivity index (χ0v) is 11.9. The van der Waals surface area contributed by atoms with Gasteiger partial charge in [0.05, 0.1) is 13.0 Å². The topological polar surface area (TPSA) is 84.1 Å². The van der Waals surface area contributed by atoms with E-state index in [4.69, 9.17) is 4.74 Å². The van der Waals surface area contributed by atoms with Crippen LogP contribution in [0.5, 0.6) is 5.75 Å². The number of fused-ring (bicyclic) bond motifs is 1. The molecule has 112 valence electrons. The zero-order chi connectivity index (χ0) is 15.4. The van der Waals surface area contributed by atoms with E-state index in [0.717, 1.165) is 0 Å². The van der Waals surface area contributed by atoms with Crippen LogP contribution in [0, 0.1) is 0 Å². The highest BCUT2D eigenvalue weighted by atomic mass is 16.5. The van der Waals surface area contributed by atoms with Gasteiger partial charge < -0.3 is 19.1 Å². The van der Waals surface area contributed by atoms with Crippen molar-refractivity contribution in [1.29, 1.82) is 0 Å². The lowest BCUT2D eigenvalue weighted by molar-refractivity contribution is -0.143. The molecule has 0 atom stereocenters. The van der Waals surface area contributed by atoms with Gasteiger partial charge in [0.1, 0.15) is 5.69 Å². The second-order valence-corrected chi connectivity index (χ2v) is 4.53. The summed E-state index contributed by atoms with van der Waals surface area (Å²) in [6, 6.07) is 3.16. The number of carbonyl (C=O) groups excluding carboxylic acids is 2. The van der Waals surface area contributed by atoms with E-state index in [0.29, 0.717) is 12.3 Å². The number of amides is 1. The molecule has 0 spiro atoms. The summed E-state index contributed by atoms with van der Waals surface area (Å²) in [6.07, 6.45) is 3.37. The van der Waals surface area contributed by atoms with Crippen LogP contribution in [0.4, 0.5) is 0 Å². The summed E-state index contributed by atoms with van der Waals surface area (Å²) in [7, 11) is 1.59. The standard InChI is InChI=1S/C14H17N3O4/c1-3-21-12(19)6-8-16(2)14(20)10-9-17-7-4-5-11(18)13(17)15-10/h4-5,7,9,18H,3,6,8H2,1-2H3. The van der Waals surface area contributed by atoms with Crippen molar-refractivity contribution in [3.8, 4) is 5.75 Å². The highest BCUT2D eigenvalue weighted by molar-refractivity contribution is 5.93. The lowest BCUT2D eigenvalue weighted by Gasteiger charge is -2.14. The first-order valence-corrected chi connectivity index (χ1v) is 6.60. The van der Waals surface area contributed by atoms with Gasteiger partial charge in [-0.3, -0.25) is 9.59 Å². The SMILES string of the molecule is CCOC(=O)CCN(C)C(=O)c1cn2cccc(O)c2n1. The average Bonchev–Trinajstić information content (AvgIpc) is 2.90. The fraction of sp³-hybridized carbons (Fsp3) is 0.357. The number of hydrogen-bond donors (Lipinski definition) is 1. The van der Waals surface area contributed by atoms with E-state index in [1.807, 2.05) is 0 Å². The molecule has 0 radical (unpaired) electrons. The molecule has 1 amide bonds. The summed E-state index contributed by atoms with van der Waals surface area (Å²) in [4.78, 5) is 29.0. The number of ether oxygens (including phenoxy) is 1. The van der Waals surface area contributed by atoms with Crippen LogP contribution in [0.1, 0.15) is 23.8 Å². The zero-order valence-electron chi connectivity index (χ0n) is 11.9. The molecule has 7 heteroatoms. The first kappa shape index (κ1) is 14.8. The molecule has 0 saturated carbocycles. The number of aromatic hydroxyl groups is 1. The van der Waals surface area contributed by atoms with Gasteiger partial charge >= 0.3 is 5.97 Å². The molecule has 2 aromatic heterocycles. The molecule has 2 aromatic rings. The van der Waals surface area contributed by atoms with Crippen molar-refractivity contribution in [1.82, 2.24) is 14.3 Å². The summed E-state index contributed by atoms with van der Waals surface area (Å²) < 4.78 is 6.38. The van der Waals surface area contributed by atoms with Crippen LogP contribution in [-0.4, -0.2) is 51.5 Å². The molecule has 2 rings (SSSR count). The molecule has 21 heavy (non-hydrogen) atoms. The molecular formula is C14H17N3O4. The van der Waals surface area contributed by atoms with E-state index < -0.39 is 0 Å². The van der Waals surface area contributed by atoms with Crippen LogP contribution in [0.25, 0.3) is 5.65 Å². The summed E-state index contributed by atoms with van der Waals surface area (Å²) in [5, 5.41) is 9.67. The van der Waals surface area contributed by atoms with Crippen LogP contribution < -0.4 is 0 Å². The number of aromatic nitrogens is 2. The Kier molecular flexibility index (Phi) is 4.42. The van der Waals surface area contributed by atoms with Crippen LogP contribution in [0.2, 0.25) is 0 Å². The summed E-state index contributed by atoms with van der Waals surface area (Å²) in [5.41, 5.74) is 0.530. The highest BCUT2D eigenvalue weighted by Gasteiger charge is 2.17. The van der Waals surface area contributed by atoms with Gasteiger partial charge in [-0.15, -0.1) is 0 Å². The minimum atomic E-state index is -0.343. The Morgan fingerprint density at radius 1 is 1.48 bits per heavy atom. The Balaban J connectivity index is 2.07. The number of esters is 1. The molecule has 0 fully saturated rings. The van der Waals surface area contributed by atoms with Crippen LogP contribution in [0.3, 0.4) is 0 Å². The van der Waals surface area contributed by atoms with Crippen molar-refractivity contribution < 1.29 is 19.4 Å². The molecular weight excluding hydrogens is 274 g/mol. The maximum absolute atomic E-state index is 12.2. The summed E-state index contributed by atoms with van der Waals surface area (Å²) >= 11 is 0. The Morgan fingerprint density at radius 2 is 2.24 bits per heavy atom. The summed E-state index contributed by atoms with van der Waals surface area (Å²) in [5.74, 6) is -0.655. The largest absolute Gasteiger partial charge is 0.504 e. The molecule has 7 nitrogen and oxygen atoms in total. The first-order valence-electron chi connectivity index (χ1n) is 6.60. The number of nitrogens with zero attached hydrogens (tertiary/aromatic N) is 3. The van der Waals surface area contributed by atoms with Gasteiger partial charge in [-0.25, -0.2) is 4.98 Å². The molecule has 2 heterocycles. The van der Waals surface area contributed by atoms with E-state index in [9.17, 15) is 14.7 Å². The van der Waals surface area contributed by atoms with Crippen molar-refractivity contribution in [3.63, 3.8) is 0 Å². The van der Waals surface area contributed by atoms with Gasteiger partial charge in [-0.05, 0) is 19.1 Å². The molecule has 0 aromatic carbocycles. The quantitative estimate of drug-likeness (QED) is 0.833. The first-order chi connectivity index (χ1) is 10.0. The van der Waals surface area contributed by atoms with Gasteiger partial charge in [0.2, 0.25) is 0 Å². The van der Waals surface area contributed by atoms with E-state index in [1.54, 1.807) is 30.6 Å². The van der Waals surface area contributed by atoms with E-state index in [-0.39, 0.29) is 36.3 Å². The number of rotatable bonds is 5. The molecule has 0 aliphatic heterocycles. The third-order valence-electron chi connectivity index (χ3n) is 2.98. The minimum Gasteiger partial charge on any atom is -0.504 e. The highest BCUT2D eigenvalue weighted by Crippen LogP contribution is 2.17. The van der Waals surface area contributed by atoms with Crippen LogP contribution in [-0.2, 0) is 9.53 Å². The number of carbonyl (C=O) groups is 2. The normalized spacial score (nSPS) is 10.6. The Hall–Kier alpha value is -2.57. The summed E-state index contributed by atoms with van der Waals surface area (Å²) in [6.45, 7) is 2.30. The number of imidazole rings is 1. The smallest absolute Gasteiger partial charge is 0.307 e. The molecule has 0 aliphatic carbocycles. The predicted molar refractivity (Wildman–Crippen MR) is 75.1 cm³/mol. The van der Waals surface area contributed by atoms with Gasteiger partial charge in [0.15, 0.2) is 11.4 Å². The van der Waals surface area contributed by atoms with Crippen molar-refractivity contribution >= 4 is 17.5 Å². The Labute approximate surface area is 121 Å². The number of hydrogen-bond acceptors (Lipinski definition) is 5. The fourth-order valence-electron chi connectivity index (χ4n) is 1.89. The lowest BCUT2D eigenvalue weighted by atomic mass is 10.3. The van der Waals surface area contributed by atoms with Crippen molar-refractivity contribution in [2.75, 3.05) is 20.2 Å². The lowest BCUT2D eigenvalue weighted by Crippen LogP contribution is -2.29. The van der Waals surface area contributed by atoms with Gasteiger partial charge in [-0.1, -0.05) is 0 Å².